The predicted molar refractivity (Wildman–Crippen MR) is 117 cm³/mol. The van der Waals surface area contributed by atoms with E-state index in [1.54, 1.807) is 7.11 Å². The number of nitrogens with zero attached hydrogens (tertiary/aromatic N) is 4. The van der Waals surface area contributed by atoms with Crippen LogP contribution in [0.1, 0.15) is 25.7 Å². The first-order valence-electron chi connectivity index (χ1n) is 10.8. The van der Waals surface area contributed by atoms with Gasteiger partial charge in [-0.3, -0.25) is 4.79 Å². The van der Waals surface area contributed by atoms with Crippen LogP contribution < -0.4 is 9.64 Å². The molecule has 7 heteroatoms. The van der Waals surface area contributed by atoms with Gasteiger partial charge in [-0.15, -0.1) is 0 Å². The number of amides is 1. The van der Waals surface area contributed by atoms with E-state index in [9.17, 15) is 4.79 Å². The van der Waals surface area contributed by atoms with Crippen LogP contribution >= 0.6 is 0 Å². The Morgan fingerprint density at radius 2 is 1.97 bits per heavy atom. The monoisotopic (exact) mass is 405 g/mol. The zero-order valence-corrected chi connectivity index (χ0v) is 17.3. The Morgan fingerprint density at radius 1 is 1.10 bits per heavy atom. The van der Waals surface area contributed by atoms with Crippen molar-refractivity contribution in [2.24, 2.45) is 5.92 Å². The van der Waals surface area contributed by atoms with E-state index in [-0.39, 0.29) is 5.92 Å². The highest BCUT2D eigenvalue weighted by Gasteiger charge is 2.31. The van der Waals surface area contributed by atoms with Gasteiger partial charge in [-0.25, -0.2) is 9.97 Å². The first-order chi connectivity index (χ1) is 14.7. The zero-order valence-electron chi connectivity index (χ0n) is 17.3. The highest BCUT2D eigenvalue weighted by atomic mass is 16.5. The van der Waals surface area contributed by atoms with E-state index >= 15 is 0 Å². The number of carbonyl (C=O) groups is 1. The number of methoxy groups -OCH3 is 1. The molecule has 1 unspecified atom stereocenters. The van der Waals surface area contributed by atoms with Gasteiger partial charge in [0, 0.05) is 31.7 Å². The molecule has 1 atom stereocenters. The molecule has 0 aliphatic carbocycles. The number of hydrogen-bond acceptors (Lipinski definition) is 5. The topological polar surface area (TPSA) is 74.4 Å². The molecule has 0 saturated carbocycles. The molecular weight excluding hydrogens is 378 g/mol. The summed E-state index contributed by atoms with van der Waals surface area (Å²) >= 11 is 0. The molecule has 2 saturated heterocycles. The third-order valence-corrected chi connectivity index (χ3v) is 6.19. The minimum Gasteiger partial charge on any atom is -0.497 e. The SMILES string of the molecule is COc1cccc(-c2nc3nc(N4CCCC(C(=O)N5CCCC5)C4)ccc3[nH]2)c1. The number of benzene rings is 1. The maximum absolute atomic E-state index is 12.9. The average Bonchev–Trinajstić information content (AvgIpc) is 3.48. The second-order valence-electron chi connectivity index (χ2n) is 8.18. The van der Waals surface area contributed by atoms with Crippen molar-refractivity contribution in [2.75, 3.05) is 38.2 Å². The number of hydrogen-bond donors (Lipinski definition) is 1. The minimum atomic E-state index is 0.0703. The lowest BCUT2D eigenvalue weighted by atomic mass is 9.96. The van der Waals surface area contributed by atoms with Crippen LogP contribution in [0.4, 0.5) is 5.82 Å². The predicted octanol–water partition coefficient (Wildman–Crippen LogP) is 3.47. The van der Waals surface area contributed by atoms with Gasteiger partial charge in [0.25, 0.3) is 0 Å². The third-order valence-electron chi connectivity index (χ3n) is 6.19. The summed E-state index contributed by atoms with van der Waals surface area (Å²) in [6.07, 6.45) is 4.25. The lowest BCUT2D eigenvalue weighted by Crippen LogP contribution is -2.44. The zero-order chi connectivity index (χ0) is 20.5. The quantitative estimate of drug-likeness (QED) is 0.719. The van der Waals surface area contributed by atoms with Gasteiger partial charge in [0.05, 0.1) is 18.5 Å². The molecule has 156 valence electrons. The Hall–Kier alpha value is -3.09. The molecule has 7 nitrogen and oxygen atoms in total. The number of imidazole rings is 1. The van der Waals surface area contributed by atoms with Crippen molar-refractivity contribution >= 4 is 22.9 Å². The summed E-state index contributed by atoms with van der Waals surface area (Å²) in [4.78, 5) is 30.0. The fraction of sp³-hybridized carbons (Fsp3) is 0.435. The third kappa shape index (κ3) is 3.60. The van der Waals surface area contributed by atoms with Crippen molar-refractivity contribution in [3.8, 4) is 17.1 Å². The van der Waals surface area contributed by atoms with Gasteiger partial charge in [0.1, 0.15) is 17.4 Å². The molecule has 0 spiro atoms. The minimum absolute atomic E-state index is 0.0703. The summed E-state index contributed by atoms with van der Waals surface area (Å²) in [5.41, 5.74) is 2.56. The number of likely N-dealkylation sites (tertiary alicyclic amines) is 1. The van der Waals surface area contributed by atoms with Crippen molar-refractivity contribution in [1.82, 2.24) is 19.9 Å². The molecule has 2 fully saturated rings. The Labute approximate surface area is 176 Å². The van der Waals surface area contributed by atoms with Crippen LogP contribution in [0.25, 0.3) is 22.6 Å². The molecule has 5 rings (SSSR count). The van der Waals surface area contributed by atoms with Gasteiger partial charge in [-0.05, 0) is 49.9 Å². The van der Waals surface area contributed by atoms with Gasteiger partial charge >= 0.3 is 0 Å². The lowest BCUT2D eigenvalue weighted by molar-refractivity contribution is -0.134. The fourth-order valence-electron chi connectivity index (χ4n) is 4.55. The number of nitrogens with one attached hydrogen (secondary N) is 1. The number of aromatic nitrogens is 3. The summed E-state index contributed by atoms with van der Waals surface area (Å²) in [5, 5.41) is 0. The molecule has 1 aromatic carbocycles. The van der Waals surface area contributed by atoms with Crippen molar-refractivity contribution in [3.63, 3.8) is 0 Å². The summed E-state index contributed by atoms with van der Waals surface area (Å²) < 4.78 is 5.32. The van der Waals surface area contributed by atoms with E-state index in [1.807, 2.05) is 41.3 Å². The van der Waals surface area contributed by atoms with Gasteiger partial charge < -0.3 is 19.5 Å². The van der Waals surface area contributed by atoms with Crippen LogP contribution in [-0.4, -0.2) is 59.0 Å². The Kier molecular flexibility index (Phi) is 5.02. The smallest absolute Gasteiger partial charge is 0.227 e. The van der Waals surface area contributed by atoms with E-state index < -0.39 is 0 Å². The van der Waals surface area contributed by atoms with E-state index in [4.69, 9.17) is 14.7 Å². The van der Waals surface area contributed by atoms with Gasteiger partial charge in [0.2, 0.25) is 5.91 Å². The summed E-state index contributed by atoms with van der Waals surface area (Å²) in [5.74, 6) is 2.85. The Bertz CT molecular complexity index is 1060. The van der Waals surface area contributed by atoms with Gasteiger partial charge in [0.15, 0.2) is 5.65 Å². The van der Waals surface area contributed by atoms with Crippen LogP contribution in [0.3, 0.4) is 0 Å². The van der Waals surface area contributed by atoms with Crippen molar-refractivity contribution in [3.05, 3.63) is 36.4 Å². The molecule has 4 heterocycles. The molecule has 30 heavy (non-hydrogen) atoms. The maximum Gasteiger partial charge on any atom is 0.227 e. The number of H-pyrrole nitrogens is 1. The molecule has 2 aliphatic rings. The number of pyridine rings is 1. The van der Waals surface area contributed by atoms with Gasteiger partial charge in [-0.2, -0.15) is 0 Å². The first kappa shape index (κ1) is 18.9. The second kappa shape index (κ2) is 7.97. The van der Waals surface area contributed by atoms with Crippen LogP contribution in [0.15, 0.2) is 36.4 Å². The highest BCUT2D eigenvalue weighted by molar-refractivity contribution is 5.81. The summed E-state index contributed by atoms with van der Waals surface area (Å²) in [6, 6.07) is 11.9. The van der Waals surface area contributed by atoms with Crippen LogP contribution in [0.5, 0.6) is 5.75 Å². The number of fused-ring (bicyclic) bond motifs is 1. The maximum atomic E-state index is 12.9. The van der Waals surface area contributed by atoms with E-state index in [0.717, 1.165) is 80.3 Å². The van der Waals surface area contributed by atoms with Gasteiger partial charge in [-0.1, -0.05) is 12.1 Å². The largest absolute Gasteiger partial charge is 0.497 e. The summed E-state index contributed by atoms with van der Waals surface area (Å²) in [7, 11) is 1.66. The number of aromatic amines is 1. The van der Waals surface area contributed by atoms with E-state index in [2.05, 4.69) is 9.88 Å². The van der Waals surface area contributed by atoms with Crippen LogP contribution in [0.2, 0.25) is 0 Å². The van der Waals surface area contributed by atoms with E-state index in [0.29, 0.717) is 11.6 Å². The molecular formula is C23H27N5O2. The molecule has 3 aromatic rings. The molecule has 1 amide bonds. The van der Waals surface area contributed by atoms with Crippen molar-refractivity contribution in [1.29, 1.82) is 0 Å². The van der Waals surface area contributed by atoms with Crippen molar-refractivity contribution < 1.29 is 9.53 Å². The van der Waals surface area contributed by atoms with Crippen LogP contribution in [-0.2, 0) is 4.79 Å². The Balaban J connectivity index is 1.37. The summed E-state index contributed by atoms with van der Waals surface area (Å²) in [6.45, 7) is 3.50. The normalized spacial score (nSPS) is 19.4. The number of ether oxygens (including phenoxy) is 1. The number of anilines is 1. The Morgan fingerprint density at radius 3 is 2.80 bits per heavy atom. The molecule has 2 aliphatic heterocycles. The first-order valence-corrected chi connectivity index (χ1v) is 10.8. The number of carbonyl (C=O) groups excluding carboxylic acids is 1. The fourth-order valence-corrected chi connectivity index (χ4v) is 4.55. The average molecular weight is 406 g/mol. The molecule has 2 aromatic heterocycles. The molecule has 1 N–H and O–H groups in total. The molecule has 0 bridgehead atoms. The second-order valence-corrected chi connectivity index (χ2v) is 8.18. The van der Waals surface area contributed by atoms with Crippen LogP contribution in [0, 0.1) is 5.92 Å². The number of rotatable bonds is 4. The number of piperidine rings is 1. The lowest BCUT2D eigenvalue weighted by Gasteiger charge is -2.34. The van der Waals surface area contributed by atoms with Crippen molar-refractivity contribution in [2.45, 2.75) is 25.7 Å². The highest BCUT2D eigenvalue weighted by Crippen LogP contribution is 2.27. The standard InChI is InChI=1S/C23H27N5O2/c1-30-18-8-4-6-16(14-18)21-24-19-9-10-20(25-22(19)26-21)28-13-5-7-17(15-28)23(29)27-11-2-3-12-27/h4,6,8-10,14,17H,2-3,5,7,11-13,15H2,1H3,(H,24,25,26). The molecule has 0 radical (unpaired) electrons. The van der Waals surface area contributed by atoms with E-state index in [1.165, 1.54) is 0 Å².